The van der Waals surface area contributed by atoms with Crippen molar-refractivity contribution in [2.75, 3.05) is 7.05 Å². The molecule has 0 aromatic carbocycles. The van der Waals surface area contributed by atoms with E-state index in [0.717, 1.165) is 25.2 Å². The Balaban J connectivity index is 2.99. The smallest absolute Gasteiger partial charge is 0.126 e. The second-order valence-electron chi connectivity index (χ2n) is 5.04. The summed E-state index contributed by atoms with van der Waals surface area (Å²) in [5.74, 6) is 1.16. The van der Waals surface area contributed by atoms with Crippen molar-refractivity contribution in [1.82, 2.24) is 14.9 Å². The van der Waals surface area contributed by atoms with Gasteiger partial charge in [0.1, 0.15) is 5.82 Å². The average molecular weight is 223 g/mol. The minimum Gasteiger partial charge on any atom is -0.334 e. The van der Waals surface area contributed by atoms with Gasteiger partial charge in [-0.25, -0.2) is 4.98 Å². The molecule has 3 heteroatoms. The first-order valence-electron chi connectivity index (χ1n) is 6.25. The number of nitrogens with one attached hydrogen (secondary N) is 1. The summed E-state index contributed by atoms with van der Waals surface area (Å²) in [6, 6.07) is 0.319. The molecule has 1 aromatic rings. The molecule has 0 spiro atoms. The molecule has 16 heavy (non-hydrogen) atoms. The van der Waals surface area contributed by atoms with Crippen LogP contribution in [0.25, 0.3) is 0 Å². The predicted molar refractivity (Wildman–Crippen MR) is 68.4 cm³/mol. The van der Waals surface area contributed by atoms with Gasteiger partial charge in [0, 0.05) is 18.9 Å². The Morgan fingerprint density at radius 2 is 2.12 bits per heavy atom. The van der Waals surface area contributed by atoms with Gasteiger partial charge in [0.25, 0.3) is 0 Å². The van der Waals surface area contributed by atoms with Crippen LogP contribution in [0.1, 0.15) is 52.4 Å². The van der Waals surface area contributed by atoms with Crippen LogP contribution in [0.4, 0.5) is 0 Å². The number of hydrogen-bond acceptors (Lipinski definition) is 2. The number of imidazole rings is 1. The molecule has 0 bridgehead atoms. The molecule has 1 unspecified atom stereocenters. The summed E-state index contributed by atoms with van der Waals surface area (Å²) in [6.07, 6.45) is 6.26. The fourth-order valence-corrected chi connectivity index (χ4v) is 2.08. The van der Waals surface area contributed by atoms with E-state index in [1.807, 2.05) is 13.2 Å². The Hall–Kier alpha value is -0.830. The molecule has 0 saturated carbocycles. The minimum atomic E-state index is 0.228. The molecule has 0 saturated heterocycles. The Labute approximate surface area is 99.3 Å². The highest BCUT2D eigenvalue weighted by Gasteiger charge is 2.30. The van der Waals surface area contributed by atoms with Gasteiger partial charge in [0.05, 0.1) is 6.04 Å². The molecule has 0 amide bonds. The summed E-state index contributed by atoms with van der Waals surface area (Å²) in [7, 11) is 2.02. The fraction of sp³-hybridized carbons (Fsp3) is 0.769. The van der Waals surface area contributed by atoms with Crippen LogP contribution in [0.2, 0.25) is 0 Å². The molecule has 0 aliphatic carbocycles. The van der Waals surface area contributed by atoms with Crippen molar-refractivity contribution in [1.29, 1.82) is 0 Å². The van der Waals surface area contributed by atoms with Gasteiger partial charge in [-0.3, -0.25) is 0 Å². The van der Waals surface area contributed by atoms with Crippen LogP contribution in [-0.2, 0) is 6.54 Å². The Bertz CT molecular complexity index is 315. The van der Waals surface area contributed by atoms with Gasteiger partial charge in [-0.15, -0.1) is 0 Å². The van der Waals surface area contributed by atoms with Gasteiger partial charge in [0.15, 0.2) is 0 Å². The first kappa shape index (κ1) is 13.2. The first-order chi connectivity index (χ1) is 7.56. The molecular formula is C13H25N3. The highest BCUT2D eigenvalue weighted by Crippen LogP contribution is 2.35. The van der Waals surface area contributed by atoms with Gasteiger partial charge < -0.3 is 9.88 Å². The van der Waals surface area contributed by atoms with Crippen molar-refractivity contribution in [2.24, 2.45) is 5.41 Å². The monoisotopic (exact) mass is 223 g/mol. The van der Waals surface area contributed by atoms with Gasteiger partial charge in [-0.05, 0) is 25.3 Å². The van der Waals surface area contributed by atoms with Crippen molar-refractivity contribution in [3.8, 4) is 0 Å². The zero-order valence-electron chi connectivity index (χ0n) is 11.2. The predicted octanol–water partition coefficient (Wildman–Crippen LogP) is 2.99. The maximum absolute atomic E-state index is 4.52. The molecule has 0 aliphatic heterocycles. The lowest BCUT2D eigenvalue weighted by Gasteiger charge is -2.33. The maximum Gasteiger partial charge on any atom is 0.126 e. The van der Waals surface area contributed by atoms with E-state index >= 15 is 0 Å². The molecule has 0 radical (unpaired) electrons. The van der Waals surface area contributed by atoms with Crippen molar-refractivity contribution >= 4 is 0 Å². The number of aryl methyl sites for hydroxylation is 1. The third-order valence-corrected chi connectivity index (χ3v) is 3.45. The number of nitrogens with zero attached hydrogens (tertiary/aromatic N) is 2. The van der Waals surface area contributed by atoms with E-state index in [0.29, 0.717) is 6.04 Å². The van der Waals surface area contributed by atoms with Gasteiger partial charge >= 0.3 is 0 Å². The summed E-state index contributed by atoms with van der Waals surface area (Å²) in [5, 5.41) is 3.41. The maximum atomic E-state index is 4.52. The van der Waals surface area contributed by atoms with Crippen LogP contribution in [-0.4, -0.2) is 16.6 Å². The van der Waals surface area contributed by atoms with Gasteiger partial charge in [-0.2, -0.15) is 0 Å². The van der Waals surface area contributed by atoms with Crippen LogP contribution >= 0.6 is 0 Å². The molecule has 1 heterocycles. The molecular weight excluding hydrogens is 198 g/mol. The van der Waals surface area contributed by atoms with Crippen molar-refractivity contribution < 1.29 is 0 Å². The zero-order chi connectivity index (χ0) is 12.2. The SMILES string of the molecule is CCCn1ccnc1C(NC)C(C)(C)CC. The number of hydrogen-bond donors (Lipinski definition) is 1. The van der Waals surface area contributed by atoms with Crippen LogP contribution < -0.4 is 5.32 Å². The van der Waals surface area contributed by atoms with Gasteiger partial charge in [0.2, 0.25) is 0 Å². The largest absolute Gasteiger partial charge is 0.334 e. The third kappa shape index (κ3) is 2.64. The quantitative estimate of drug-likeness (QED) is 0.803. The van der Waals surface area contributed by atoms with E-state index in [4.69, 9.17) is 0 Å². The number of rotatable bonds is 6. The Morgan fingerprint density at radius 1 is 1.44 bits per heavy atom. The van der Waals surface area contributed by atoms with E-state index in [1.54, 1.807) is 0 Å². The van der Waals surface area contributed by atoms with E-state index < -0.39 is 0 Å². The molecule has 1 rings (SSSR count). The average Bonchev–Trinajstić information content (AvgIpc) is 2.68. The standard InChI is InChI=1S/C13H25N3/c1-6-9-16-10-8-15-12(16)11(14-5)13(3,4)7-2/h8,10-11,14H,6-7,9H2,1-5H3. The first-order valence-corrected chi connectivity index (χ1v) is 6.25. The second-order valence-corrected chi connectivity index (χ2v) is 5.04. The molecule has 1 N–H and O–H groups in total. The fourth-order valence-electron chi connectivity index (χ4n) is 2.08. The topological polar surface area (TPSA) is 29.9 Å². The summed E-state index contributed by atoms with van der Waals surface area (Å²) in [6.45, 7) is 10.1. The lowest BCUT2D eigenvalue weighted by atomic mass is 9.81. The second kappa shape index (κ2) is 5.48. The van der Waals surface area contributed by atoms with Crippen LogP contribution in [0.3, 0.4) is 0 Å². The summed E-state index contributed by atoms with van der Waals surface area (Å²) in [5.41, 5.74) is 0.228. The zero-order valence-corrected chi connectivity index (χ0v) is 11.2. The summed E-state index contributed by atoms with van der Waals surface area (Å²) < 4.78 is 2.26. The minimum absolute atomic E-state index is 0.228. The Kier molecular flexibility index (Phi) is 4.54. The third-order valence-electron chi connectivity index (χ3n) is 3.45. The van der Waals surface area contributed by atoms with Crippen LogP contribution in [0.15, 0.2) is 12.4 Å². The molecule has 0 fully saturated rings. The highest BCUT2D eigenvalue weighted by atomic mass is 15.1. The van der Waals surface area contributed by atoms with E-state index in [-0.39, 0.29) is 5.41 Å². The normalized spacial score (nSPS) is 14.1. The lowest BCUT2D eigenvalue weighted by Crippen LogP contribution is -2.33. The van der Waals surface area contributed by atoms with Crippen LogP contribution in [0, 0.1) is 5.41 Å². The molecule has 3 nitrogen and oxygen atoms in total. The summed E-state index contributed by atoms with van der Waals surface area (Å²) >= 11 is 0. The van der Waals surface area contributed by atoms with Crippen LogP contribution in [0.5, 0.6) is 0 Å². The lowest BCUT2D eigenvalue weighted by molar-refractivity contribution is 0.230. The van der Waals surface area contributed by atoms with Gasteiger partial charge in [-0.1, -0.05) is 27.7 Å². The highest BCUT2D eigenvalue weighted by molar-refractivity contribution is 5.04. The number of aromatic nitrogens is 2. The van der Waals surface area contributed by atoms with E-state index in [9.17, 15) is 0 Å². The molecule has 0 aliphatic rings. The van der Waals surface area contributed by atoms with E-state index in [2.05, 4.69) is 48.8 Å². The van der Waals surface area contributed by atoms with Crippen molar-refractivity contribution in [3.63, 3.8) is 0 Å². The molecule has 1 aromatic heterocycles. The van der Waals surface area contributed by atoms with E-state index in [1.165, 1.54) is 0 Å². The summed E-state index contributed by atoms with van der Waals surface area (Å²) in [4.78, 5) is 4.52. The molecule has 1 atom stereocenters. The van der Waals surface area contributed by atoms with Crippen molar-refractivity contribution in [2.45, 2.75) is 53.1 Å². The Morgan fingerprint density at radius 3 is 2.62 bits per heavy atom. The van der Waals surface area contributed by atoms with Crippen molar-refractivity contribution in [3.05, 3.63) is 18.2 Å². The molecule has 92 valence electrons.